The van der Waals surface area contributed by atoms with Crippen LogP contribution >= 0.6 is 27.3 Å². The van der Waals surface area contributed by atoms with Crippen molar-refractivity contribution in [1.29, 1.82) is 0 Å². The van der Waals surface area contributed by atoms with Gasteiger partial charge in [0.2, 0.25) is 10.0 Å². The molecule has 27 heavy (non-hydrogen) atoms. The number of hydrogen-bond donors (Lipinski definition) is 0. The second kappa shape index (κ2) is 8.44. The highest BCUT2D eigenvalue weighted by molar-refractivity contribution is 9.11. The zero-order valence-electron chi connectivity index (χ0n) is 14.9. The van der Waals surface area contributed by atoms with Crippen LogP contribution < -0.4 is 9.47 Å². The molecule has 10 heteroatoms. The summed E-state index contributed by atoms with van der Waals surface area (Å²) in [5, 5.41) is 0. The molecule has 0 N–H and O–H groups in total. The van der Waals surface area contributed by atoms with Crippen molar-refractivity contribution in [2.75, 3.05) is 40.4 Å². The fraction of sp³-hybridized carbons (Fsp3) is 0.412. The van der Waals surface area contributed by atoms with Gasteiger partial charge >= 0.3 is 0 Å². The minimum Gasteiger partial charge on any atom is -0.493 e. The lowest BCUT2D eigenvalue weighted by molar-refractivity contribution is 0.182. The van der Waals surface area contributed by atoms with Gasteiger partial charge in [-0.1, -0.05) is 0 Å². The SMILES string of the molecule is COc1cc(F)c(S(=O)(=O)N2CCN(Cc3ccc(Br)s3)CC2)cc1OC. The molecule has 0 saturated carbocycles. The van der Waals surface area contributed by atoms with Crippen molar-refractivity contribution >= 4 is 37.3 Å². The van der Waals surface area contributed by atoms with Gasteiger partial charge in [-0.25, -0.2) is 12.8 Å². The molecule has 0 unspecified atom stereocenters. The lowest BCUT2D eigenvalue weighted by Crippen LogP contribution is -2.48. The number of rotatable bonds is 6. The summed E-state index contributed by atoms with van der Waals surface area (Å²) in [5.41, 5.74) is 0. The van der Waals surface area contributed by atoms with Gasteiger partial charge in [-0.15, -0.1) is 11.3 Å². The van der Waals surface area contributed by atoms with Crippen LogP contribution in [-0.2, 0) is 16.6 Å². The van der Waals surface area contributed by atoms with Crippen LogP contribution in [0.4, 0.5) is 4.39 Å². The maximum atomic E-state index is 14.4. The lowest BCUT2D eigenvalue weighted by atomic mass is 10.3. The molecule has 6 nitrogen and oxygen atoms in total. The minimum atomic E-state index is -3.95. The van der Waals surface area contributed by atoms with Gasteiger partial charge in [-0.3, -0.25) is 4.90 Å². The molecule has 0 aliphatic carbocycles. The fourth-order valence-electron chi connectivity index (χ4n) is 2.96. The molecule has 1 aliphatic rings. The third kappa shape index (κ3) is 4.45. The average Bonchev–Trinajstić information content (AvgIpc) is 3.06. The first-order valence-electron chi connectivity index (χ1n) is 8.23. The van der Waals surface area contributed by atoms with Crippen molar-refractivity contribution in [2.45, 2.75) is 11.4 Å². The van der Waals surface area contributed by atoms with Gasteiger partial charge in [0.1, 0.15) is 10.7 Å². The predicted molar refractivity (Wildman–Crippen MR) is 106 cm³/mol. The van der Waals surface area contributed by atoms with Crippen LogP contribution in [0.3, 0.4) is 0 Å². The van der Waals surface area contributed by atoms with Crippen molar-refractivity contribution < 1.29 is 22.3 Å². The first-order chi connectivity index (χ1) is 12.8. The number of benzene rings is 1. The van der Waals surface area contributed by atoms with E-state index in [-0.39, 0.29) is 11.5 Å². The van der Waals surface area contributed by atoms with Crippen LogP contribution in [0.5, 0.6) is 11.5 Å². The topological polar surface area (TPSA) is 59.1 Å². The molecule has 2 heterocycles. The normalized spacial score (nSPS) is 16.4. The number of piperazine rings is 1. The Bertz CT molecular complexity index is 912. The van der Waals surface area contributed by atoms with Crippen molar-refractivity contribution in [3.63, 3.8) is 0 Å². The van der Waals surface area contributed by atoms with E-state index in [1.165, 1.54) is 29.5 Å². The Balaban J connectivity index is 1.73. The molecule has 1 aromatic carbocycles. The Morgan fingerprint density at radius 3 is 2.30 bits per heavy atom. The molecule has 0 bridgehead atoms. The Hall–Kier alpha value is -1.20. The van der Waals surface area contributed by atoms with E-state index in [9.17, 15) is 12.8 Å². The van der Waals surface area contributed by atoms with Gasteiger partial charge in [0.05, 0.1) is 18.0 Å². The summed E-state index contributed by atoms with van der Waals surface area (Å²) in [6, 6.07) is 6.27. The number of ether oxygens (including phenoxy) is 2. The van der Waals surface area contributed by atoms with Gasteiger partial charge in [0.15, 0.2) is 11.5 Å². The number of hydrogen-bond acceptors (Lipinski definition) is 6. The summed E-state index contributed by atoms with van der Waals surface area (Å²) in [4.78, 5) is 3.01. The second-order valence-electron chi connectivity index (χ2n) is 6.02. The maximum Gasteiger partial charge on any atom is 0.246 e. The summed E-state index contributed by atoms with van der Waals surface area (Å²) in [5.74, 6) is -0.515. The van der Waals surface area contributed by atoms with E-state index in [4.69, 9.17) is 9.47 Å². The first-order valence-corrected chi connectivity index (χ1v) is 11.3. The number of methoxy groups -OCH3 is 2. The standard InChI is InChI=1S/C17H20BrFN2O4S2/c1-24-14-9-13(19)16(10-15(14)25-2)27(22,23)21-7-5-20(6-8-21)11-12-3-4-17(18)26-12/h3-4,9-10H,5-8,11H2,1-2H3. The third-order valence-corrected chi connectivity index (χ3v) is 7.92. The van der Waals surface area contributed by atoms with Crippen LogP contribution in [0.25, 0.3) is 0 Å². The van der Waals surface area contributed by atoms with Crippen molar-refractivity contribution in [1.82, 2.24) is 9.21 Å². The summed E-state index contributed by atoms with van der Waals surface area (Å²) in [6.07, 6.45) is 0. The van der Waals surface area contributed by atoms with E-state index < -0.39 is 20.7 Å². The third-order valence-electron chi connectivity index (χ3n) is 4.40. The molecule has 0 amide bonds. The zero-order valence-corrected chi connectivity index (χ0v) is 18.2. The molecule has 1 fully saturated rings. The molecular formula is C17H20BrFN2O4S2. The predicted octanol–water partition coefficient (Wildman–Crippen LogP) is 3.17. The van der Waals surface area contributed by atoms with Gasteiger partial charge < -0.3 is 9.47 Å². The molecule has 148 valence electrons. The number of sulfonamides is 1. The van der Waals surface area contributed by atoms with E-state index in [1.54, 1.807) is 11.3 Å². The Morgan fingerprint density at radius 1 is 1.11 bits per heavy atom. The summed E-state index contributed by atoms with van der Waals surface area (Å²) >= 11 is 5.11. The van der Waals surface area contributed by atoms with Gasteiger partial charge in [-0.05, 0) is 28.1 Å². The maximum absolute atomic E-state index is 14.4. The molecule has 0 spiro atoms. The first kappa shape index (κ1) is 20.5. The Morgan fingerprint density at radius 2 is 1.74 bits per heavy atom. The molecule has 1 saturated heterocycles. The van der Waals surface area contributed by atoms with Crippen molar-refractivity contribution in [3.8, 4) is 11.5 Å². The summed E-state index contributed by atoms with van der Waals surface area (Å²) in [6.45, 7) is 2.56. The molecule has 2 aromatic rings. The van der Waals surface area contributed by atoms with Crippen LogP contribution in [0.15, 0.2) is 32.9 Å². The van der Waals surface area contributed by atoms with Crippen LogP contribution in [0.1, 0.15) is 4.88 Å². The average molecular weight is 479 g/mol. The summed E-state index contributed by atoms with van der Waals surface area (Å²) in [7, 11) is -1.20. The molecule has 1 aliphatic heterocycles. The highest BCUT2D eigenvalue weighted by Crippen LogP contribution is 2.33. The van der Waals surface area contributed by atoms with Gasteiger partial charge in [-0.2, -0.15) is 4.31 Å². The Kier molecular flexibility index (Phi) is 6.42. The van der Waals surface area contributed by atoms with E-state index >= 15 is 0 Å². The van der Waals surface area contributed by atoms with E-state index in [0.29, 0.717) is 26.2 Å². The highest BCUT2D eigenvalue weighted by atomic mass is 79.9. The zero-order chi connectivity index (χ0) is 19.6. The molecular weight excluding hydrogens is 459 g/mol. The van der Waals surface area contributed by atoms with Crippen LogP contribution in [0.2, 0.25) is 0 Å². The molecule has 1 aromatic heterocycles. The fourth-order valence-corrected chi connectivity index (χ4v) is 5.97. The number of thiophene rings is 1. The smallest absolute Gasteiger partial charge is 0.246 e. The van der Waals surface area contributed by atoms with Crippen molar-refractivity contribution in [3.05, 3.63) is 38.7 Å². The van der Waals surface area contributed by atoms with E-state index in [2.05, 4.69) is 26.9 Å². The quantitative estimate of drug-likeness (QED) is 0.637. The number of halogens is 2. The van der Waals surface area contributed by atoms with E-state index in [1.807, 2.05) is 6.07 Å². The van der Waals surface area contributed by atoms with Crippen molar-refractivity contribution in [2.24, 2.45) is 0 Å². The second-order valence-corrected chi connectivity index (χ2v) is 10.5. The van der Waals surface area contributed by atoms with Crippen LogP contribution in [0, 0.1) is 5.82 Å². The largest absolute Gasteiger partial charge is 0.493 e. The Labute approximate surface area is 170 Å². The molecule has 3 rings (SSSR count). The highest BCUT2D eigenvalue weighted by Gasteiger charge is 2.32. The van der Waals surface area contributed by atoms with Gasteiger partial charge in [0, 0.05) is 49.7 Å². The number of nitrogens with zero attached hydrogens (tertiary/aromatic N) is 2. The van der Waals surface area contributed by atoms with E-state index in [0.717, 1.165) is 16.4 Å². The monoisotopic (exact) mass is 478 g/mol. The minimum absolute atomic E-state index is 0.154. The van der Waals surface area contributed by atoms with Gasteiger partial charge in [0.25, 0.3) is 0 Å². The molecule has 0 radical (unpaired) electrons. The lowest BCUT2D eigenvalue weighted by Gasteiger charge is -2.33. The van der Waals surface area contributed by atoms with Crippen LogP contribution in [-0.4, -0.2) is 58.0 Å². The molecule has 0 atom stereocenters. The summed E-state index contributed by atoms with van der Waals surface area (Å²) < 4.78 is 52.8.